The maximum atomic E-state index is 2.72. The van der Waals surface area contributed by atoms with Gasteiger partial charge < -0.3 is 9.47 Å². The Hall–Kier alpha value is -11.3. The SMILES string of the molecule is CC(C)(C)c1ccc(N2c3ccc(C(C)(C)C)cc3B3c4c2cc(-c2c(-c5ccc(C(C)(C)c6ccccc6)cc5)cccc2-c2ccc(C(C)(C)c5ccccc5)cc2)cc4-n2c4ccc(-c5ccccc5-c5ccccc5)cc4c4c5c6ccccc6c6ccccc6c5cc3c42)cc1. The molecule has 1 aromatic heterocycles. The molecule has 0 atom stereocenters. The number of nitrogens with zero attached hydrogens (tertiary/aromatic N) is 2. The summed E-state index contributed by atoms with van der Waals surface area (Å²) in [6.45, 7) is 23.3. The number of hydrogen-bond donors (Lipinski definition) is 0. The molecule has 0 bridgehead atoms. The van der Waals surface area contributed by atoms with Gasteiger partial charge in [0.2, 0.25) is 0 Å². The van der Waals surface area contributed by atoms with Gasteiger partial charge in [-0.1, -0.05) is 336 Å². The van der Waals surface area contributed by atoms with Crippen molar-refractivity contribution in [3.63, 3.8) is 0 Å². The zero-order chi connectivity index (χ0) is 68.8. The van der Waals surface area contributed by atoms with E-state index in [0.29, 0.717) is 0 Å². The third-order valence-electron chi connectivity index (χ3n) is 22.9. The maximum Gasteiger partial charge on any atom is 0.252 e. The first-order chi connectivity index (χ1) is 48.9. The van der Waals surface area contributed by atoms with Crippen LogP contribution in [0.5, 0.6) is 0 Å². The van der Waals surface area contributed by atoms with Gasteiger partial charge in [0.25, 0.3) is 6.71 Å². The number of fused-ring (bicyclic) bond motifs is 14. The van der Waals surface area contributed by atoms with Gasteiger partial charge in [0.15, 0.2) is 0 Å². The highest BCUT2D eigenvalue weighted by atomic mass is 15.2. The Kier molecular flexibility index (Phi) is 14.2. The summed E-state index contributed by atoms with van der Waals surface area (Å²) in [5.74, 6) is 0. The average molecular weight is 1300 g/mol. The monoisotopic (exact) mass is 1300 g/mol. The number of hydrogen-bond acceptors (Lipinski definition) is 1. The Morgan fingerprint density at radius 1 is 0.267 bits per heavy atom. The number of benzene rings is 15. The summed E-state index contributed by atoms with van der Waals surface area (Å²) in [4.78, 5) is 2.63. The summed E-state index contributed by atoms with van der Waals surface area (Å²) in [6.07, 6.45) is 0. The fourth-order valence-corrected chi connectivity index (χ4v) is 17.3. The van der Waals surface area contributed by atoms with Gasteiger partial charge in [-0.3, -0.25) is 0 Å². The first-order valence-corrected chi connectivity index (χ1v) is 36.1. The highest BCUT2D eigenvalue weighted by molar-refractivity contribution is 7.00. The van der Waals surface area contributed by atoms with Gasteiger partial charge in [-0.05, 0) is 186 Å². The van der Waals surface area contributed by atoms with Crippen LogP contribution in [0.25, 0.3) is 115 Å². The van der Waals surface area contributed by atoms with E-state index in [2.05, 4.69) is 388 Å². The van der Waals surface area contributed by atoms with Gasteiger partial charge in [0, 0.05) is 49.7 Å². The lowest BCUT2D eigenvalue weighted by Crippen LogP contribution is -2.60. The molecule has 15 aromatic carbocycles. The van der Waals surface area contributed by atoms with Crippen molar-refractivity contribution in [3.8, 4) is 61.3 Å². The summed E-state index contributed by atoms with van der Waals surface area (Å²) in [5.41, 5.74) is 30.1. The summed E-state index contributed by atoms with van der Waals surface area (Å²) in [6, 6.07) is 118. The lowest BCUT2D eigenvalue weighted by atomic mass is 9.33. The van der Waals surface area contributed by atoms with Gasteiger partial charge >= 0.3 is 0 Å². The van der Waals surface area contributed by atoms with E-state index in [4.69, 9.17) is 0 Å². The average Bonchev–Trinajstić information content (AvgIpc) is 1.60. The minimum absolute atomic E-state index is 0.0401. The maximum absolute atomic E-state index is 2.72. The second-order valence-corrected chi connectivity index (χ2v) is 31.6. The van der Waals surface area contributed by atoms with Gasteiger partial charge in [-0.2, -0.15) is 0 Å². The Morgan fingerprint density at radius 2 is 0.713 bits per heavy atom. The van der Waals surface area contributed by atoms with Crippen LogP contribution in [0.15, 0.2) is 309 Å². The van der Waals surface area contributed by atoms with E-state index in [0.717, 1.165) is 11.3 Å². The summed E-state index contributed by atoms with van der Waals surface area (Å²) in [7, 11) is 0. The Bertz CT molecular complexity index is 5870. The Labute approximate surface area is 595 Å². The van der Waals surface area contributed by atoms with E-state index in [1.165, 1.54) is 171 Å². The molecule has 2 aliphatic heterocycles. The van der Waals surface area contributed by atoms with Crippen molar-refractivity contribution in [3.05, 3.63) is 343 Å². The highest BCUT2D eigenvalue weighted by Crippen LogP contribution is 2.51. The number of anilines is 3. The molecule has 101 heavy (non-hydrogen) atoms. The summed E-state index contributed by atoms with van der Waals surface area (Å²) >= 11 is 0. The van der Waals surface area contributed by atoms with E-state index < -0.39 is 0 Å². The van der Waals surface area contributed by atoms with Crippen LogP contribution in [0.4, 0.5) is 17.1 Å². The Morgan fingerprint density at radius 3 is 1.29 bits per heavy atom. The lowest BCUT2D eigenvalue weighted by Gasteiger charge is -2.41. The van der Waals surface area contributed by atoms with Crippen LogP contribution < -0.4 is 21.3 Å². The van der Waals surface area contributed by atoms with E-state index in [1.54, 1.807) is 0 Å². The fourth-order valence-electron chi connectivity index (χ4n) is 17.3. The van der Waals surface area contributed by atoms with Crippen LogP contribution in [0.2, 0.25) is 0 Å². The molecule has 18 rings (SSSR count). The highest BCUT2D eigenvalue weighted by Gasteiger charge is 2.44. The van der Waals surface area contributed by atoms with Crippen molar-refractivity contribution in [1.29, 1.82) is 0 Å². The molecular formula is C98H81BN2. The molecule has 16 aromatic rings. The molecule has 0 amide bonds. The minimum atomic E-state index is -0.214. The van der Waals surface area contributed by atoms with E-state index >= 15 is 0 Å². The number of rotatable bonds is 10. The molecule has 0 N–H and O–H groups in total. The van der Waals surface area contributed by atoms with Crippen LogP contribution in [0, 0.1) is 0 Å². The standard InChI is InChI=1S/C98H81BN2/c1-95(2,3)67-50-53-73(54-51-67)100-87-56-52-72(96(4,5)6)60-84(87)99-85-61-82-80-37-23-22-35-78(80)79-36-24-25-38-81(79)91(82)92-83-57-65(75-34-21-20-33-74(75)62-27-14-11-15-28-62)45-55-86(83)101(94(85)92)89-59-66(58-88(100)93(89)99)90-76(63-41-46-70(47-42-63)97(7,8)68-29-16-12-17-30-68)39-26-40-77(90)64-43-48-71(49-44-64)98(9,10)69-31-18-13-19-32-69/h11-61H,1-10H3. The second kappa shape index (κ2) is 23.2. The zero-order valence-corrected chi connectivity index (χ0v) is 59.4. The molecule has 0 spiro atoms. The summed E-state index contributed by atoms with van der Waals surface area (Å²) in [5, 5.41) is 10.2. The fraction of sp³-hybridized carbons (Fsp3) is 0.143. The molecule has 0 unspecified atom stereocenters. The van der Waals surface area contributed by atoms with Crippen molar-refractivity contribution < 1.29 is 0 Å². The van der Waals surface area contributed by atoms with Crippen LogP contribution in [-0.4, -0.2) is 11.3 Å². The Balaban J connectivity index is 0.990. The topological polar surface area (TPSA) is 8.17 Å². The van der Waals surface area contributed by atoms with Gasteiger partial charge in [-0.15, -0.1) is 0 Å². The molecule has 486 valence electrons. The van der Waals surface area contributed by atoms with Crippen LogP contribution in [-0.2, 0) is 21.7 Å². The minimum Gasteiger partial charge on any atom is -0.311 e. The van der Waals surface area contributed by atoms with Crippen LogP contribution in [0.1, 0.15) is 103 Å². The van der Waals surface area contributed by atoms with Gasteiger partial charge in [0.05, 0.1) is 11.0 Å². The smallest absolute Gasteiger partial charge is 0.252 e. The molecule has 0 radical (unpaired) electrons. The third kappa shape index (κ3) is 9.90. The molecule has 0 aliphatic carbocycles. The van der Waals surface area contributed by atoms with Crippen molar-refractivity contribution in [2.24, 2.45) is 0 Å². The lowest BCUT2D eigenvalue weighted by molar-refractivity contribution is 0.590. The van der Waals surface area contributed by atoms with Crippen LogP contribution in [0.3, 0.4) is 0 Å². The van der Waals surface area contributed by atoms with Crippen molar-refractivity contribution in [1.82, 2.24) is 4.57 Å². The molecule has 0 saturated carbocycles. The molecule has 2 nitrogen and oxygen atoms in total. The molecule has 3 heteroatoms. The first-order valence-electron chi connectivity index (χ1n) is 36.1. The molecule has 2 aliphatic rings. The van der Waals surface area contributed by atoms with Gasteiger partial charge in [0.1, 0.15) is 0 Å². The molecular weight excluding hydrogens is 1220 g/mol. The predicted octanol–water partition coefficient (Wildman–Crippen LogP) is 24.4. The van der Waals surface area contributed by atoms with Crippen molar-refractivity contribution in [2.45, 2.75) is 90.9 Å². The van der Waals surface area contributed by atoms with E-state index in [1.807, 2.05) is 0 Å². The van der Waals surface area contributed by atoms with Crippen molar-refractivity contribution in [2.75, 3.05) is 4.90 Å². The van der Waals surface area contributed by atoms with E-state index in [-0.39, 0.29) is 28.4 Å². The molecule has 0 fully saturated rings. The van der Waals surface area contributed by atoms with Crippen LogP contribution >= 0.6 is 0 Å². The molecule has 3 heterocycles. The first kappa shape index (κ1) is 62.0. The van der Waals surface area contributed by atoms with E-state index in [9.17, 15) is 0 Å². The predicted molar refractivity (Wildman–Crippen MR) is 434 cm³/mol. The zero-order valence-electron chi connectivity index (χ0n) is 59.4. The quantitative estimate of drug-likeness (QED) is 0.0979. The second-order valence-electron chi connectivity index (χ2n) is 31.6. The molecule has 0 saturated heterocycles. The van der Waals surface area contributed by atoms with Gasteiger partial charge in [-0.25, -0.2) is 0 Å². The largest absolute Gasteiger partial charge is 0.311 e. The van der Waals surface area contributed by atoms with Crippen molar-refractivity contribution >= 4 is 94.3 Å². The summed E-state index contributed by atoms with van der Waals surface area (Å²) < 4.78 is 2.72. The third-order valence-corrected chi connectivity index (χ3v) is 22.9. The normalized spacial score (nSPS) is 13.0. The number of aromatic nitrogens is 1.